The smallest absolute Gasteiger partial charge is 0.179 e. The Morgan fingerprint density at radius 1 is 1.32 bits per heavy atom. The molecule has 4 nitrogen and oxygen atoms in total. The zero-order valence-electron chi connectivity index (χ0n) is 13.7. The molecule has 0 bridgehead atoms. The van der Waals surface area contributed by atoms with Crippen molar-refractivity contribution in [3.63, 3.8) is 0 Å². The number of hydrogen-bond donors (Lipinski definition) is 0. The summed E-state index contributed by atoms with van der Waals surface area (Å²) in [5.41, 5.74) is 0.346. The van der Waals surface area contributed by atoms with Gasteiger partial charge in [0.2, 0.25) is 0 Å². The minimum absolute atomic E-state index is 0.346. The first kappa shape index (κ1) is 20.1. The van der Waals surface area contributed by atoms with Crippen LogP contribution in [-0.2, 0) is 0 Å². The lowest BCUT2D eigenvalue weighted by Gasteiger charge is -2.49. The Morgan fingerprint density at radius 2 is 1.74 bits per heavy atom. The second-order valence-electron chi connectivity index (χ2n) is 5.09. The van der Waals surface area contributed by atoms with E-state index < -0.39 is 0 Å². The van der Waals surface area contributed by atoms with Gasteiger partial charge in [-0.1, -0.05) is 34.6 Å². The van der Waals surface area contributed by atoms with Gasteiger partial charge < -0.3 is 9.80 Å². The van der Waals surface area contributed by atoms with Crippen molar-refractivity contribution in [1.82, 2.24) is 9.80 Å². The van der Waals surface area contributed by atoms with E-state index in [-0.39, 0.29) is 0 Å². The van der Waals surface area contributed by atoms with Crippen molar-refractivity contribution in [1.29, 1.82) is 10.5 Å². The number of likely N-dealkylation sites (tertiary alicyclic amines) is 1. The monoisotopic (exact) mass is 266 g/mol. The van der Waals surface area contributed by atoms with Gasteiger partial charge in [-0.3, -0.25) is 0 Å². The summed E-state index contributed by atoms with van der Waals surface area (Å²) in [5, 5.41) is 16.0. The molecular weight excluding hydrogens is 236 g/mol. The van der Waals surface area contributed by atoms with Gasteiger partial charge in [0.15, 0.2) is 6.19 Å². The van der Waals surface area contributed by atoms with E-state index in [4.69, 9.17) is 10.5 Å². The normalized spacial score (nSPS) is 16.6. The molecule has 0 aromatic rings. The van der Waals surface area contributed by atoms with Crippen molar-refractivity contribution in [2.24, 2.45) is 11.3 Å². The van der Waals surface area contributed by atoms with Crippen molar-refractivity contribution >= 4 is 0 Å². The summed E-state index contributed by atoms with van der Waals surface area (Å²) >= 11 is 0. The molecule has 4 heteroatoms. The van der Waals surface area contributed by atoms with Gasteiger partial charge in [0.25, 0.3) is 0 Å². The molecule has 1 aliphatic rings. The Morgan fingerprint density at radius 3 is 2.05 bits per heavy atom. The molecule has 0 radical (unpaired) electrons. The molecule has 1 fully saturated rings. The van der Waals surface area contributed by atoms with Crippen LogP contribution in [0.4, 0.5) is 0 Å². The van der Waals surface area contributed by atoms with E-state index >= 15 is 0 Å². The highest BCUT2D eigenvalue weighted by Gasteiger charge is 2.42. The molecule has 0 aromatic heterocycles. The maximum absolute atomic E-state index is 8.69. The summed E-state index contributed by atoms with van der Waals surface area (Å²) in [4.78, 5) is 4.17. The molecule has 0 aromatic carbocycles. The predicted molar refractivity (Wildman–Crippen MR) is 80.3 cm³/mol. The lowest BCUT2D eigenvalue weighted by atomic mass is 9.72. The Bertz CT molecular complexity index is 294. The molecule has 1 unspecified atom stereocenters. The topological polar surface area (TPSA) is 54.1 Å². The third-order valence-electron chi connectivity index (χ3n) is 3.56. The molecular formula is C15H30N4. The van der Waals surface area contributed by atoms with Gasteiger partial charge in [-0.2, -0.15) is 10.5 Å². The van der Waals surface area contributed by atoms with Gasteiger partial charge in [-0.15, -0.1) is 0 Å². The molecule has 1 atom stereocenters. The second-order valence-corrected chi connectivity index (χ2v) is 5.09. The Kier molecular flexibility index (Phi) is 11.2. The summed E-state index contributed by atoms with van der Waals surface area (Å²) in [6.07, 6.45) is 2.20. The zero-order chi connectivity index (χ0) is 15.5. The molecule has 110 valence electrons. The van der Waals surface area contributed by atoms with Crippen molar-refractivity contribution < 1.29 is 0 Å². The Balaban J connectivity index is 0. The highest BCUT2D eigenvalue weighted by atomic mass is 15.2. The molecule has 0 amide bonds. The maximum Gasteiger partial charge on any atom is 0.179 e. The molecule has 0 N–H and O–H groups in total. The lowest BCUT2D eigenvalue weighted by Crippen LogP contribution is -2.57. The van der Waals surface area contributed by atoms with E-state index in [9.17, 15) is 0 Å². The van der Waals surface area contributed by atoms with Crippen molar-refractivity contribution in [2.75, 3.05) is 33.2 Å². The van der Waals surface area contributed by atoms with E-state index in [0.29, 0.717) is 11.3 Å². The molecule has 0 aliphatic carbocycles. The summed E-state index contributed by atoms with van der Waals surface area (Å²) in [6, 6.07) is 1.75. The van der Waals surface area contributed by atoms with Gasteiger partial charge in [-0.05, 0) is 19.5 Å². The van der Waals surface area contributed by atoms with Crippen LogP contribution in [0.5, 0.6) is 0 Å². The predicted octanol–water partition coefficient (Wildman–Crippen LogP) is 2.93. The fourth-order valence-electron chi connectivity index (χ4n) is 2.03. The Hall–Kier alpha value is -1.26. The zero-order valence-corrected chi connectivity index (χ0v) is 13.7. The van der Waals surface area contributed by atoms with E-state index in [1.807, 2.05) is 18.7 Å². The summed E-state index contributed by atoms with van der Waals surface area (Å²) in [7, 11) is 2.15. The molecule has 19 heavy (non-hydrogen) atoms. The number of hydrogen-bond acceptors (Lipinski definition) is 4. The molecule has 1 rings (SSSR count). The minimum Gasteiger partial charge on any atom is -0.309 e. The highest BCUT2D eigenvalue weighted by Crippen LogP contribution is 2.37. The van der Waals surface area contributed by atoms with Crippen LogP contribution < -0.4 is 0 Å². The van der Waals surface area contributed by atoms with Crippen LogP contribution >= 0.6 is 0 Å². The summed E-state index contributed by atoms with van der Waals surface area (Å²) in [6.45, 7) is 16.3. The first-order valence-electron chi connectivity index (χ1n) is 7.07. The first-order valence-corrected chi connectivity index (χ1v) is 7.07. The fourth-order valence-corrected chi connectivity index (χ4v) is 2.03. The van der Waals surface area contributed by atoms with Crippen LogP contribution in [0.3, 0.4) is 0 Å². The molecule has 1 aliphatic heterocycles. The number of nitrogens with zero attached hydrogens (tertiary/aromatic N) is 4. The van der Waals surface area contributed by atoms with E-state index in [1.54, 1.807) is 6.07 Å². The standard InChI is InChI=1S/C11H21N3.C2H3N.C2H6/c1-5-13(4)6-10(2)11(3)7-14(8-11)9-12;1-2-3;1-2/h10H,5-8H2,1-4H3;1H3;1-2H3. The minimum atomic E-state index is 0.346. The molecule has 1 heterocycles. The van der Waals surface area contributed by atoms with E-state index in [0.717, 1.165) is 26.2 Å². The van der Waals surface area contributed by atoms with Gasteiger partial charge >= 0.3 is 0 Å². The van der Waals surface area contributed by atoms with Crippen LogP contribution in [0, 0.1) is 34.1 Å². The summed E-state index contributed by atoms with van der Waals surface area (Å²) < 4.78 is 0. The van der Waals surface area contributed by atoms with Crippen LogP contribution in [0.15, 0.2) is 0 Å². The van der Waals surface area contributed by atoms with Crippen LogP contribution in [0.1, 0.15) is 41.5 Å². The van der Waals surface area contributed by atoms with Crippen LogP contribution in [0.25, 0.3) is 0 Å². The van der Waals surface area contributed by atoms with E-state index in [1.165, 1.54) is 6.92 Å². The van der Waals surface area contributed by atoms with Crippen molar-refractivity contribution in [3.8, 4) is 12.3 Å². The maximum atomic E-state index is 8.69. The SMILES string of the molecule is CC.CC#N.CCN(C)CC(C)C1(C)CN(C#N)C1. The number of nitriles is 2. The average Bonchev–Trinajstić information content (AvgIpc) is 2.37. The van der Waals surface area contributed by atoms with Crippen molar-refractivity contribution in [2.45, 2.75) is 41.5 Å². The third kappa shape index (κ3) is 7.03. The summed E-state index contributed by atoms with van der Waals surface area (Å²) in [5.74, 6) is 0.664. The van der Waals surface area contributed by atoms with Crippen molar-refractivity contribution in [3.05, 3.63) is 0 Å². The van der Waals surface area contributed by atoms with Gasteiger partial charge in [0.1, 0.15) is 0 Å². The van der Waals surface area contributed by atoms with Gasteiger partial charge in [-0.25, -0.2) is 0 Å². The molecule has 0 saturated carbocycles. The first-order chi connectivity index (χ1) is 8.93. The second kappa shape index (κ2) is 10.6. The van der Waals surface area contributed by atoms with Gasteiger partial charge in [0.05, 0.1) is 6.07 Å². The largest absolute Gasteiger partial charge is 0.309 e. The van der Waals surface area contributed by atoms with Crippen LogP contribution in [-0.4, -0.2) is 43.0 Å². The van der Waals surface area contributed by atoms with Crippen LogP contribution in [0.2, 0.25) is 0 Å². The van der Waals surface area contributed by atoms with E-state index in [2.05, 4.69) is 38.9 Å². The average molecular weight is 266 g/mol. The number of rotatable bonds is 4. The van der Waals surface area contributed by atoms with Gasteiger partial charge in [0, 0.05) is 32.0 Å². The molecule has 1 saturated heterocycles. The Labute approximate surface area is 119 Å². The third-order valence-corrected chi connectivity index (χ3v) is 3.56. The fraction of sp³-hybridized carbons (Fsp3) is 0.867. The lowest BCUT2D eigenvalue weighted by molar-refractivity contribution is 0.00241. The highest BCUT2D eigenvalue weighted by molar-refractivity contribution is 5.00. The molecule has 0 spiro atoms. The quantitative estimate of drug-likeness (QED) is 0.734.